The Kier molecular flexibility index (Phi) is 7.23. The van der Waals surface area contributed by atoms with E-state index in [2.05, 4.69) is 10.6 Å². The van der Waals surface area contributed by atoms with Crippen molar-refractivity contribution in [3.05, 3.63) is 29.8 Å². The minimum Gasteiger partial charge on any atom is -0.497 e. The molecule has 2 atom stereocenters. The third kappa shape index (κ3) is 5.91. The van der Waals surface area contributed by atoms with Crippen molar-refractivity contribution in [2.24, 2.45) is 5.92 Å². The molecule has 1 aromatic carbocycles. The first kappa shape index (κ1) is 19.5. The SMILES string of the molecule is COc1ccc(C(=O)NC(C(=O)NC(C)CC(=O)O)C(C)C)cc1. The number of carboxylic acid groups (broad SMARTS) is 1. The number of nitrogens with one attached hydrogen (secondary N) is 2. The number of carboxylic acids is 1. The number of amides is 2. The van der Waals surface area contributed by atoms with Gasteiger partial charge in [0.1, 0.15) is 11.8 Å². The topological polar surface area (TPSA) is 105 Å². The predicted octanol–water partition coefficient (Wildman–Crippen LogP) is 1.43. The van der Waals surface area contributed by atoms with Gasteiger partial charge in [-0.1, -0.05) is 13.8 Å². The summed E-state index contributed by atoms with van der Waals surface area (Å²) in [6.07, 6.45) is -0.178. The Balaban J connectivity index is 2.75. The Morgan fingerprint density at radius 1 is 1.08 bits per heavy atom. The highest BCUT2D eigenvalue weighted by molar-refractivity contribution is 5.97. The van der Waals surface area contributed by atoms with Gasteiger partial charge in [-0.05, 0) is 37.1 Å². The Bertz CT molecular complexity index is 583. The van der Waals surface area contributed by atoms with E-state index in [1.165, 1.54) is 7.11 Å². The lowest BCUT2D eigenvalue weighted by Crippen LogP contribution is -2.51. The van der Waals surface area contributed by atoms with E-state index < -0.39 is 24.0 Å². The van der Waals surface area contributed by atoms with Crippen molar-refractivity contribution >= 4 is 17.8 Å². The zero-order valence-corrected chi connectivity index (χ0v) is 14.3. The highest BCUT2D eigenvalue weighted by Gasteiger charge is 2.26. The maximum atomic E-state index is 12.3. The first-order chi connectivity index (χ1) is 11.2. The average molecular weight is 336 g/mol. The zero-order valence-electron chi connectivity index (χ0n) is 14.3. The molecule has 0 bridgehead atoms. The van der Waals surface area contributed by atoms with Crippen LogP contribution in [0.25, 0.3) is 0 Å². The van der Waals surface area contributed by atoms with Crippen LogP contribution in [0.15, 0.2) is 24.3 Å². The van der Waals surface area contributed by atoms with Crippen LogP contribution in [-0.2, 0) is 9.59 Å². The van der Waals surface area contributed by atoms with E-state index in [-0.39, 0.29) is 18.2 Å². The number of carbonyl (C=O) groups is 3. The Morgan fingerprint density at radius 2 is 1.67 bits per heavy atom. The summed E-state index contributed by atoms with van der Waals surface area (Å²) in [6, 6.07) is 5.26. The van der Waals surface area contributed by atoms with Gasteiger partial charge in [-0.15, -0.1) is 0 Å². The fourth-order valence-electron chi connectivity index (χ4n) is 2.15. The lowest BCUT2D eigenvalue weighted by atomic mass is 10.0. The van der Waals surface area contributed by atoms with Crippen molar-refractivity contribution < 1.29 is 24.2 Å². The fourth-order valence-corrected chi connectivity index (χ4v) is 2.15. The van der Waals surface area contributed by atoms with E-state index in [1.807, 2.05) is 0 Å². The molecule has 0 aliphatic heterocycles. The zero-order chi connectivity index (χ0) is 18.3. The summed E-state index contributed by atoms with van der Waals surface area (Å²) >= 11 is 0. The van der Waals surface area contributed by atoms with E-state index in [9.17, 15) is 14.4 Å². The van der Waals surface area contributed by atoms with Crippen molar-refractivity contribution in [2.75, 3.05) is 7.11 Å². The Labute approximate surface area is 141 Å². The summed E-state index contributed by atoms with van der Waals surface area (Å²) in [5, 5.41) is 14.1. The van der Waals surface area contributed by atoms with Crippen LogP contribution in [0.1, 0.15) is 37.6 Å². The minimum atomic E-state index is -0.994. The summed E-state index contributed by atoms with van der Waals surface area (Å²) in [4.78, 5) is 35.3. The minimum absolute atomic E-state index is 0.149. The summed E-state index contributed by atoms with van der Waals surface area (Å²) in [6.45, 7) is 5.22. The summed E-state index contributed by atoms with van der Waals surface area (Å²) in [5.41, 5.74) is 0.410. The molecule has 0 radical (unpaired) electrons. The van der Waals surface area contributed by atoms with Crippen molar-refractivity contribution in [1.29, 1.82) is 0 Å². The second-order valence-electron chi connectivity index (χ2n) is 5.93. The van der Waals surface area contributed by atoms with Gasteiger partial charge >= 0.3 is 5.97 Å². The van der Waals surface area contributed by atoms with Crippen LogP contribution in [0.2, 0.25) is 0 Å². The summed E-state index contributed by atoms with van der Waals surface area (Å²) in [7, 11) is 1.53. The molecule has 0 aliphatic carbocycles. The molecule has 3 N–H and O–H groups in total. The summed E-state index contributed by atoms with van der Waals surface area (Å²) < 4.78 is 5.04. The number of hydrogen-bond acceptors (Lipinski definition) is 4. The van der Waals surface area contributed by atoms with Crippen LogP contribution in [0, 0.1) is 5.92 Å². The first-order valence-electron chi connectivity index (χ1n) is 7.71. The molecule has 1 rings (SSSR count). The molecule has 0 aromatic heterocycles. The third-order valence-electron chi connectivity index (χ3n) is 3.46. The number of rotatable bonds is 8. The molecule has 132 valence electrons. The highest BCUT2D eigenvalue weighted by atomic mass is 16.5. The second-order valence-corrected chi connectivity index (χ2v) is 5.93. The fraction of sp³-hybridized carbons (Fsp3) is 0.471. The number of methoxy groups -OCH3 is 1. The number of benzene rings is 1. The van der Waals surface area contributed by atoms with Crippen molar-refractivity contribution in [1.82, 2.24) is 10.6 Å². The normalized spacial score (nSPS) is 13.0. The molecule has 0 spiro atoms. The lowest BCUT2D eigenvalue weighted by Gasteiger charge is -2.23. The Morgan fingerprint density at radius 3 is 2.12 bits per heavy atom. The van der Waals surface area contributed by atoms with E-state index in [4.69, 9.17) is 9.84 Å². The molecule has 0 saturated carbocycles. The average Bonchev–Trinajstić information content (AvgIpc) is 2.51. The van der Waals surface area contributed by atoms with Crippen LogP contribution >= 0.6 is 0 Å². The molecule has 2 unspecified atom stereocenters. The second kappa shape index (κ2) is 8.90. The number of hydrogen-bond donors (Lipinski definition) is 3. The largest absolute Gasteiger partial charge is 0.497 e. The Hall–Kier alpha value is -2.57. The lowest BCUT2D eigenvalue weighted by molar-refractivity contribution is -0.137. The van der Waals surface area contributed by atoms with Crippen LogP contribution in [0.5, 0.6) is 5.75 Å². The number of carbonyl (C=O) groups excluding carboxylic acids is 2. The van der Waals surface area contributed by atoms with Gasteiger partial charge in [0.15, 0.2) is 0 Å². The van der Waals surface area contributed by atoms with Gasteiger partial charge in [0.2, 0.25) is 5.91 Å². The quantitative estimate of drug-likeness (QED) is 0.666. The molecule has 2 amide bonds. The van der Waals surface area contributed by atoms with Crippen LogP contribution in [0.4, 0.5) is 0 Å². The van der Waals surface area contributed by atoms with E-state index in [1.54, 1.807) is 45.0 Å². The molecule has 0 heterocycles. The van der Waals surface area contributed by atoms with E-state index in [0.717, 1.165) is 0 Å². The molecular formula is C17H24N2O5. The third-order valence-corrected chi connectivity index (χ3v) is 3.46. The highest BCUT2D eigenvalue weighted by Crippen LogP contribution is 2.12. The molecule has 1 aromatic rings. The van der Waals surface area contributed by atoms with Crippen LogP contribution in [-0.4, -0.2) is 42.1 Å². The van der Waals surface area contributed by atoms with Crippen molar-refractivity contribution in [2.45, 2.75) is 39.3 Å². The van der Waals surface area contributed by atoms with Crippen LogP contribution in [0.3, 0.4) is 0 Å². The van der Waals surface area contributed by atoms with E-state index >= 15 is 0 Å². The number of aliphatic carboxylic acids is 1. The molecule has 0 fully saturated rings. The molecule has 24 heavy (non-hydrogen) atoms. The first-order valence-corrected chi connectivity index (χ1v) is 7.71. The van der Waals surface area contributed by atoms with Gasteiger partial charge in [-0.25, -0.2) is 0 Å². The molecule has 0 aliphatic rings. The van der Waals surface area contributed by atoms with Crippen molar-refractivity contribution in [3.63, 3.8) is 0 Å². The molecular weight excluding hydrogens is 312 g/mol. The molecule has 0 saturated heterocycles. The predicted molar refractivity (Wildman–Crippen MR) is 88.9 cm³/mol. The van der Waals surface area contributed by atoms with Crippen molar-refractivity contribution in [3.8, 4) is 5.75 Å². The summed E-state index contributed by atoms with van der Waals surface area (Å²) in [5.74, 6) is -1.29. The monoisotopic (exact) mass is 336 g/mol. The molecule has 7 nitrogen and oxygen atoms in total. The molecule has 7 heteroatoms. The van der Waals surface area contributed by atoms with Crippen LogP contribution < -0.4 is 15.4 Å². The van der Waals surface area contributed by atoms with Gasteiger partial charge in [-0.2, -0.15) is 0 Å². The maximum Gasteiger partial charge on any atom is 0.305 e. The van der Waals surface area contributed by atoms with Gasteiger partial charge in [0.05, 0.1) is 13.5 Å². The van der Waals surface area contributed by atoms with Gasteiger partial charge in [-0.3, -0.25) is 14.4 Å². The van der Waals surface area contributed by atoms with Gasteiger partial charge < -0.3 is 20.5 Å². The van der Waals surface area contributed by atoms with Gasteiger partial charge in [0, 0.05) is 11.6 Å². The van der Waals surface area contributed by atoms with Gasteiger partial charge in [0.25, 0.3) is 5.91 Å². The van der Waals surface area contributed by atoms with E-state index in [0.29, 0.717) is 11.3 Å². The standard InChI is InChI=1S/C17H24N2O5/c1-10(2)15(17(23)18-11(3)9-14(20)21)19-16(22)12-5-7-13(24-4)8-6-12/h5-8,10-11,15H,9H2,1-4H3,(H,18,23)(H,19,22)(H,20,21). The smallest absolute Gasteiger partial charge is 0.305 e. The number of ether oxygens (including phenoxy) is 1. The maximum absolute atomic E-state index is 12.3.